The predicted octanol–water partition coefficient (Wildman–Crippen LogP) is 0.721. The van der Waals surface area contributed by atoms with Crippen LogP contribution in [0, 0.1) is 0 Å². The quantitative estimate of drug-likeness (QED) is 0.746. The van der Waals surface area contributed by atoms with E-state index >= 15 is 0 Å². The Morgan fingerprint density at radius 2 is 2.00 bits per heavy atom. The fraction of sp³-hybridized carbons (Fsp3) is 0.222. The van der Waals surface area contributed by atoms with Crippen LogP contribution in [0.1, 0.15) is 10.4 Å². The number of carbonyl (C=O) groups is 1. The van der Waals surface area contributed by atoms with Crippen LogP contribution in [0.15, 0.2) is 12.1 Å². The topological polar surface area (TPSA) is 58.6 Å². The van der Waals surface area contributed by atoms with Crippen molar-refractivity contribution in [2.75, 3.05) is 14.2 Å². The molecule has 0 N–H and O–H groups in total. The molecule has 0 aliphatic carbocycles. The minimum atomic E-state index is -1.31. The molecule has 0 saturated carbocycles. The Balaban J connectivity index is 3.31. The van der Waals surface area contributed by atoms with E-state index in [1.165, 1.54) is 26.4 Å². The Morgan fingerprint density at radius 1 is 1.36 bits per heavy atom. The summed E-state index contributed by atoms with van der Waals surface area (Å²) in [5.74, 6) is -0.744. The van der Waals surface area contributed by atoms with Crippen molar-refractivity contribution < 1.29 is 19.4 Å². The predicted molar refractivity (Wildman–Crippen MR) is 48.9 cm³/mol. The average molecular weight is 216 g/mol. The van der Waals surface area contributed by atoms with Gasteiger partial charge in [0.2, 0.25) is 0 Å². The number of halogens is 1. The lowest BCUT2D eigenvalue weighted by atomic mass is 10.2. The summed E-state index contributed by atoms with van der Waals surface area (Å²) in [6.07, 6.45) is 0. The molecule has 5 heteroatoms. The normalized spacial score (nSPS) is 9.64. The largest absolute Gasteiger partial charge is 0.545 e. The third-order valence-electron chi connectivity index (χ3n) is 1.67. The first kappa shape index (κ1) is 10.7. The minimum Gasteiger partial charge on any atom is -0.545 e. The molecule has 0 unspecified atom stereocenters. The molecule has 0 fully saturated rings. The molecule has 0 spiro atoms. The summed E-state index contributed by atoms with van der Waals surface area (Å²) < 4.78 is 9.84. The van der Waals surface area contributed by atoms with E-state index in [0.717, 1.165) is 0 Å². The summed E-state index contributed by atoms with van der Waals surface area (Å²) in [6.45, 7) is 0. The molecule has 0 radical (unpaired) electrons. The van der Waals surface area contributed by atoms with Crippen LogP contribution in [0.5, 0.6) is 11.5 Å². The van der Waals surface area contributed by atoms with Crippen molar-refractivity contribution in [2.24, 2.45) is 0 Å². The smallest absolute Gasteiger partial charge is 0.179 e. The second kappa shape index (κ2) is 4.19. The number of benzene rings is 1. The van der Waals surface area contributed by atoms with Gasteiger partial charge in [-0.2, -0.15) is 0 Å². The minimum absolute atomic E-state index is 0.0485. The standard InChI is InChI=1S/C9H9ClO4/c1-13-7-4-5(9(11)12)3-6(10)8(7)14-2/h3-4H,1-2H3,(H,11,12)/p-1. The second-order valence-electron chi connectivity index (χ2n) is 2.48. The summed E-state index contributed by atoms with van der Waals surface area (Å²) in [6, 6.07) is 2.54. The third-order valence-corrected chi connectivity index (χ3v) is 1.95. The van der Waals surface area contributed by atoms with Gasteiger partial charge in [0, 0.05) is 5.56 Å². The molecule has 4 nitrogen and oxygen atoms in total. The number of hydrogen-bond acceptors (Lipinski definition) is 4. The Kier molecular flexibility index (Phi) is 3.19. The lowest BCUT2D eigenvalue weighted by Gasteiger charge is -2.11. The molecule has 1 aromatic carbocycles. The van der Waals surface area contributed by atoms with Gasteiger partial charge in [-0.05, 0) is 12.1 Å². The molecule has 0 saturated heterocycles. The van der Waals surface area contributed by atoms with Gasteiger partial charge in [0.05, 0.1) is 25.2 Å². The highest BCUT2D eigenvalue weighted by Crippen LogP contribution is 2.35. The fourth-order valence-corrected chi connectivity index (χ4v) is 1.32. The van der Waals surface area contributed by atoms with Crippen LogP contribution in [-0.2, 0) is 0 Å². The van der Waals surface area contributed by atoms with Gasteiger partial charge in [-0.25, -0.2) is 0 Å². The van der Waals surface area contributed by atoms with E-state index in [2.05, 4.69) is 0 Å². The van der Waals surface area contributed by atoms with Gasteiger partial charge in [0.1, 0.15) is 0 Å². The molecule has 14 heavy (non-hydrogen) atoms. The van der Waals surface area contributed by atoms with E-state index in [0.29, 0.717) is 5.75 Å². The van der Waals surface area contributed by atoms with Crippen LogP contribution in [-0.4, -0.2) is 20.2 Å². The number of methoxy groups -OCH3 is 2. The van der Waals surface area contributed by atoms with Gasteiger partial charge in [-0.1, -0.05) is 11.6 Å². The highest BCUT2D eigenvalue weighted by molar-refractivity contribution is 6.32. The van der Waals surface area contributed by atoms with Crippen molar-refractivity contribution in [2.45, 2.75) is 0 Å². The summed E-state index contributed by atoms with van der Waals surface area (Å²) >= 11 is 5.76. The Morgan fingerprint density at radius 3 is 2.43 bits per heavy atom. The van der Waals surface area contributed by atoms with Crippen molar-refractivity contribution >= 4 is 17.6 Å². The number of ether oxygens (including phenoxy) is 2. The van der Waals surface area contributed by atoms with Crippen LogP contribution in [0.2, 0.25) is 5.02 Å². The van der Waals surface area contributed by atoms with E-state index < -0.39 is 5.97 Å². The monoisotopic (exact) mass is 215 g/mol. The Hall–Kier alpha value is -1.42. The lowest BCUT2D eigenvalue weighted by Crippen LogP contribution is -2.22. The zero-order valence-corrected chi connectivity index (χ0v) is 8.42. The van der Waals surface area contributed by atoms with Crippen LogP contribution >= 0.6 is 11.6 Å². The van der Waals surface area contributed by atoms with Gasteiger partial charge in [0.25, 0.3) is 0 Å². The molecule has 1 aromatic rings. The molecule has 0 aliphatic heterocycles. The first-order valence-electron chi connectivity index (χ1n) is 3.73. The fourth-order valence-electron chi connectivity index (χ4n) is 1.04. The van der Waals surface area contributed by atoms with E-state index in [-0.39, 0.29) is 16.3 Å². The number of aromatic carboxylic acids is 1. The molecule has 0 amide bonds. The van der Waals surface area contributed by atoms with Crippen molar-refractivity contribution in [3.8, 4) is 11.5 Å². The molecule has 1 rings (SSSR count). The van der Waals surface area contributed by atoms with Crippen LogP contribution in [0.4, 0.5) is 0 Å². The molecular weight excluding hydrogens is 208 g/mol. The van der Waals surface area contributed by atoms with Gasteiger partial charge in [0.15, 0.2) is 11.5 Å². The lowest BCUT2D eigenvalue weighted by molar-refractivity contribution is -0.255. The second-order valence-corrected chi connectivity index (χ2v) is 2.89. The molecule has 0 atom stereocenters. The highest BCUT2D eigenvalue weighted by Gasteiger charge is 2.10. The maximum absolute atomic E-state index is 10.6. The molecular formula is C9H8ClO4-. The summed E-state index contributed by atoms with van der Waals surface area (Å²) in [5.41, 5.74) is -0.0485. The maximum Gasteiger partial charge on any atom is 0.179 e. The number of carbonyl (C=O) groups excluding carboxylic acids is 1. The summed E-state index contributed by atoms with van der Waals surface area (Å²) in [5, 5.41) is 10.7. The first-order valence-corrected chi connectivity index (χ1v) is 4.10. The van der Waals surface area contributed by atoms with E-state index in [1.807, 2.05) is 0 Å². The van der Waals surface area contributed by atoms with E-state index in [4.69, 9.17) is 21.1 Å². The summed E-state index contributed by atoms with van der Waals surface area (Å²) in [4.78, 5) is 10.6. The summed E-state index contributed by atoms with van der Waals surface area (Å²) in [7, 11) is 2.82. The number of hydrogen-bond donors (Lipinski definition) is 0. The van der Waals surface area contributed by atoms with Crippen LogP contribution < -0.4 is 14.6 Å². The number of carboxylic acids is 1. The van der Waals surface area contributed by atoms with Crippen LogP contribution in [0.25, 0.3) is 0 Å². The average Bonchev–Trinajstić information content (AvgIpc) is 2.16. The molecule has 0 aromatic heterocycles. The Bertz CT molecular complexity index is 362. The molecule has 76 valence electrons. The molecule has 0 aliphatic rings. The van der Waals surface area contributed by atoms with Crippen molar-refractivity contribution in [3.05, 3.63) is 22.7 Å². The van der Waals surface area contributed by atoms with Crippen molar-refractivity contribution in [3.63, 3.8) is 0 Å². The number of rotatable bonds is 3. The van der Waals surface area contributed by atoms with Gasteiger partial charge >= 0.3 is 0 Å². The zero-order chi connectivity index (χ0) is 10.7. The van der Waals surface area contributed by atoms with Crippen LogP contribution in [0.3, 0.4) is 0 Å². The highest BCUT2D eigenvalue weighted by atomic mass is 35.5. The van der Waals surface area contributed by atoms with Gasteiger partial charge in [-0.3, -0.25) is 0 Å². The van der Waals surface area contributed by atoms with Gasteiger partial charge < -0.3 is 19.4 Å². The number of carboxylic acid groups (broad SMARTS) is 1. The maximum atomic E-state index is 10.6. The Labute approximate surface area is 86.0 Å². The molecule has 0 heterocycles. The SMILES string of the molecule is COc1cc(C(=O)[O-])cc(Cl)c1OC. The van der Waals surface area contributed by atoms with E-state index in [1.54, 1.807) is 0 Å². The van der Waals surface area contributed by atoms with Crippen molar-refractivity contribution in [1.82, 2.24) is 0 Å². The first-order chi connectivity index (χ1) is 6.60. The zero-order valence-electron chi connectivity index (χ0n) is 7.67. The van der Waals surface area contributed by atoms with Crippen molar-refractivity contribution in [1.29, 1.82) is 0 Å². The third kappa shape index (κ3) is 1.90. The van der Waals surface area contributed by atoms with E-state index in [9.17, 15) is 9.90 Å². The van der Waals surface area contributed by atoms with Gasteiger partial charge in [-0.15, -0.1) is 0 Å². The molecule has 0 bridgehead atoms.